The zero-order valence-electron chi connectivity index (χ0n) is 18.6. The number of carboxylic acids is 1. The van der Waals surface area contributed by atoms with Gasteiger partial charge in [-0.25, -0.2) is 14.8 Å². The predicted octanol–water partition coefficient (Wildman–Crippen LogP) is 5.42. The molecule has 0 atom stereocenters. The number of carboxylic acid groups (broad SMARTS) is 1. The number of rotatable bonds is 4. The molecule has 0 bridgehead atoms. The predicted molar refractivity (Wildman–Crippen MR) is 119 cm³/mol. The minimum Gasteiger partial charge on any atom is -0.476 e. The lowest BCUT2D eigenvalue weighted by Crippen LogP contribution is -2.20. The molecule has 0 radical (unpaired) electrons. The number of nitrogens with zero attached hydrogens (tertiary/aromatic N) is 3. The summed E-state index contributed by atoms with van der Waals surface area (Å²) < 4.78 is 48.3. The van der Waals surface area contributed by atoms with Gasteiger partial charge in [-0.1, -0.05) is 49.6 Å². The third-order valence-electron chi connectivity index (χ3n) is 6.35. The standard InChI is InChI=1S/C24H21F3N4O4/c1-12-15(21-29-17(23(33)34)18(35-21)14-10-6-3-7-11-14)22(32)31-20(28-12)16(13-8-4-2-5-9-13)19(30-31)24(25,26)27/h2,4-5,8-9,14,30H,3,6-7,10-11H2,1H3,(H,33,34). The summed E-state index contributed by atoms with van der Waals surface area (Å²) in [5, 5.41) is 11.8. The van der Waals surface area contributed by atoms with Crippen molar-refractivity contribution in [2.75, 3.05) is 0 Å². The Balaban J connectivity index is 1.74. The maximum absolute atomic E-state index is 13.9. The van der Waals surface area contributed by atoms with Crippen LogP contribution < -0.4 is 5.56 Å². The summed E-state index contributed by atoms with van der Waals surface area (Å²) in [6, 6.07) is 7.84. The highest BCUT2D eigenvalue weighted by Gasteiger charge is 2.39. The summed E-state index contributed by atoms with van der Waals surface area (Å²) in [4.78, 5) is 33.6. The van der Waals surface area contributed by atoms with Crippen LogP contribution in [-0.4, -0.2) is 30.7 Å². The van der Waals surface area contributed by atoms with Gasteiger partial charge in [-0.15, -0.1) is 0 Å². The molecule has 8 nitrogen and oxygen atoms in total. The number of alkyl halides is 3. The molecule has 0 unspecified atom stereocenters. The molecule has 2 N–H and O–H groups in total. The summed E-state index contributed by atoms with van der Waals surface area (Å²) in [5.74, 6) is -1.53. The SMILES string of the molecule is Cc1nc2c(-c3ccccc3)c(C(F)(F)F)[nH]n2c(=O)c1-c1nc(C(=O)O)c(C2CCCCC2)o1. The number of benzene rings is 1. The molecule has 3 heterocycles. The van der Waals surface area contributed by atoms with Gasteiger partial charge in [0.25, 0.3) is 5.56 Å². The van der Waals surface area contributed by atoms with Gasteiger partial charge in [0, 0.05) is 5.92 Å². The fourth-order valence-corrected chi connectivity index (χ4v) is 4.74. The van der Waals surface area contributed by atoms with Crippen molar-refractivity contribution in [3.8, 4) is 22.6 Å². The molecule has 0 spiro atoms. The first kappa shape index (κ1) is 22.9. The average molecular weight is 486 g/mol. The first-order valence-corrected chi connectivity index (χ1v) is 11.2. The third kappa shape index (κ3) is 3.90. The number of hydrogen-bond donors (Lipinski definition) is 2. The van der Waals surface area contributed by atoms with Crippen molar-refractivity contribution in [2.24, 2.45) is 0 Å². The minimum atomic E-state index is -4.78. The van der Waals surface area contributed by atoms with E-state index in [2.05, 4.69) is 15.1 Å². The highest BCUT2D eigenvalue weighted by Crippen LogP contribution is 2.39. The summed E-state index contributed by atoms with van der Waals surface area (Å²) in [7, 11) is 0. The molecule has 1 aliphatic rings. The van der Waals surface area contributed by atoms with Crippen molar-refractivity contribution >= 4 is 11.6 Å². The molecular formula is C24H21F3N4O4. The first-order valence-electron chi connectivity index (χ1n) is 11.2. The Labute approximate surface area is 196 Å². The van der Waals surface area contributed by atoms with Crippen molar-refractivity contribution in [3.63, 3.8) is 0 Å². The van der Waals surface area contributed by atoms with E-state index in [0.717, 1.165) is 32.1 Å². The Kier molecular flexibility index (Phi) is 5.49. The van der Waals surface area contributed by atoms with Crippen LogP contribution in [0.1, 0.15) is 65.7 Å². The van der Waals surface area contributed by atoms with Crippen LogP contribution in [0.15, 0.2) is 39.5 Å². The van der Waals surface area contributed by atoms with Crippen molar-refractivity contribution in [3.05, 3.63) is 63.5 Å². The summed E-state index contributed by atoms with van der Waals surface area (Å²) in [6.45, 7) is 1.46. The summed E-state index contributed by atoms with van der Waals surface area (Å²) >= 11 is 0. The Morgan fingerprint density at radius 1 is 1.11 bits per heavy atom. The lowest BCUT2D eigenvalue weighted by Gasteiger charge is -2.19. The fourth-order valence-electron chi connectivity index (χ4n) is 4.74. The second-order valence-electron chi connectivity index (χ2n) is 8.63. The Hall–Kier alpha value is -3.89. The maximum atomic E-state index is 13.9. The molecule has 0 aliphatic heterocycles. The smallest absolute Gasteiger partial charge is 0.433 e. The number of oxazole rings is 1. The van der Waals surface area contributed by atoms with Crippen LogP contribution in [0.4, 0.5) is 13.2 Å². The van der Waals surface area contributed by atoms with Gasteiger partial charge in [-0.05, 0) is 25.3 Å². The second-order valence-corrected chi connectivity index (χ2v) is 8.63. The number of aromatic amines is 1. The topological polar surface area (TPSA) is 113 Å². The van der Waals surface area contributed by atoms with Gasteiger partial charge in [-0.2, -0.15) is 17.7 Å². The zero-order chi connectivity index (χ0) is 24.9. The number of halogens is 3. The van der Waals surface area contributed by atoms with Crippen LogP contribution in [0.25, 0.3) is 28.2 Å². The van der Waals surface area contributed by atoms with E-state index in [1.165, 1.54) is 19.1 Å². The van der Waals surface area contributed by atoms with Crippen molar-refractivity contribution in [1.82, 2.24) is 19.6 Å². The van der Waals surface area contributed by atoms with Gasteiger partial charge in [-0.3, -0.25) is 9.89 Å². The van der Waals surface area contributed by atoms with Crippen LogP contribution in [0.3, 0.4) is 0 Å². The molecule has 5 rings (SSSR count). The Bertz CT molecular complexity index is 1480. The van der Waals surface area contributed by atoms with Gasteiger partial charge in [0.15, 0.2) is 11.3 Å². The van der Waals surface area contributed by atoms with Gasteiger partial charge in [0.05, 0.1) is 11.3 Å². The van der Waals surface area contributed by atoms with Crippen LogP contribution >= 0.6 is 0 Å². The number of H-pyrrole nitrogens is 1. The largest absolute Gasteiger partial charge is 0.476 e. The van der Waals surface area contributed by atoms with E-state index in [0.29, 0.717) is 4.52 Å². The molecule has 4 aromatic rings. The van der Waals surface area contributed by atoms with Crippen molar-refractivity contribution < 1.29 is 27.5 Å². The molecule has 0 amide bonds. The average Bonchev–Trinajstić information content (AvgIpc) is 3.43. The number of aromatic nitrogens is 4. The quantitative estimate of drug-likeness (QED) is 0.398. The van der Waals surface area contributed by atoms with E-state index in [4.69, 9.17) is 4.42 Å². The van der Waals surface area contributed by atoms with Gasteiger partial charge in [0.2, 0.25) is 5.89 Å². The molecule has 1 fully saturated rings. The van der Waals surface area contributed by atoms with Crippen LogP contribution in [0.2, 0.25) is 0 Å². The van der Waals surface area contributed by atoms with E-state index < -0.39 is 23.4 Å². The second kappa shape index (κ2) is 8.40. The molecule has 0 saturated heterocycles. The molecule has 11 heteroatoms. The lowest BCUT2D eigenvalue weighted by atomic mass is 9.87. The Morgan fingerprint density at radius 2 is 1.80 bits per heavy atom. The number of carbonyl (C=O) groups is 1. The summed E-state index contributed by atoms with van der Waals surface area (Å²) in [5.41, 5.74) is -2.61. The Morgan fingerprint density at radius 3 is 2.43 bits per heavy atom. The van der Waals surface area contributed by atoms with Gasteiger partial charge < -0.3 is 9.52 Å². The monoisotopic (exact) mass is 486 g/mol. The van der Waals surface area contributed by atoms with Gasteiger partial charge >= 0.3 is 12.1 Å². The highest BCUT2D eigenvalue weighted by atomic mass is 19.4. The molecule has 182 valence electrons. The van der Waals surface area contributed by atoms with E-state index in [-0.39, 0.29) is 51.3 Å². The first-order chi connectivity index (χ1) is 16.7. The minimum absolute atomic E-state index is 0.0771. The van der Waals surface area contributed by atoms with Crippen LogP contribution in [0.5, 0.6) is 0 Å². The number of fused-ring (bicyclic) bond motifs is 1. The van der Waals surface area contributed by atoms with Crippen molar-refractivity contribution in [1.29, 1.82) is 0 Å². The number of aryl methyl sites for hydroxylation is 1. The molecule has 1 saturated carbocycles. The van der Waals surface area contributed by atoms with Crippen LogP contribution in [0, 0.1) is 6.92 Å². The number of aromatic carboxylic acids is 1. The van der Waals surface area contributed by atoms with E-state index in [1.807, 2.05) is 0 Å². The molecule has 35 heavy (non-hydrogen) atoms. The molecule has 1 aliphatic carbocycles. The molecule has 3 aromatic heterocycles. The van der Waals surface area contributed by atoms with Crippen LogP contribution in [-0.2, 0) is 6.18 Å². The van der Waals surface area contributed by atoms with Crippen molar-refractivity contribution in [2.45, 2.75) is 51.1 Å². The molecular weight excluding hydrogens is 465 g/mol. The number of hydrogen-bond acceptors (Lipinski definition) is 5. The van der Waals surface area contributed by atoms with E-state index in [9.17, 15) is 27.9 Å². The number of nitrogens with one attached hydrogen (secondary N) is 1. The summed E-state index contributed by atoms with van der Waals surface area (Å²) in [6.07, 6.45) is -0.446. The maximum Gasteiger partial charge on any atom is 0.433 e. The van der Waals surface area contributed by atoms with E-state index in [1.54, 1.807) is 18.2 Å². The van der Waals surface area contributed by atoms with Gasteiger partial charge in [0.1, 0.15) is 17.0 Å². The van der Waals surface area contributed by atoms with E-state index >= 15 is 0 Å². The normalized spacial score (nSPS) is 15.1. The zero-order valence-corrected chi connectivity index (χ0v) is 18.6. The molecule has 1 aromatic carbocycles. The third-order valence-corrected chi connectivity index (χ3v) is 6.35. The highest BCUT2D eigenvalue weighted by molar-refractivity contribution is 5.87. The fraction of sp³-hybridized carbons (Fsp3) is 0.333. The lowest BCUT2D eigenvalue weighted by molar-refractivity contribution is -0.140.